The second-order valence-electron chi connectivity index (χ2n) is 5.73. The quantitative estimate of drug-likeness (QED) is 0.480. The van der Waals surface area contributed by atoms with Gasteiger partial charge >= 0.3 is 0 Å². The number of para-hydroxylation sites is 1. The summed E-state index contributed by atoms with van der Waals surface area (Å²) in [5.74, 6) is 1.04. The van der Waals surface area contributed by atoms with Gasteiger partial charge in [0.15, 0.2) is 0 Å². The molecule has 0 aromatic heterocycles. The van der Waals surface area contributed by atoms with Crippen LogP contribution in [0.5, 0.6) is 5.75 Å². The second kappa shape index (κ2) is 7.25. The fraction of sp³-hybridized carbons (Fsp3) is 0.529. The summed E-state index contributed by atoms with van der Waals surface area (Å²) >= 11 is 0. The van der Waals surface area contributed by atoms with Crippen LogP contribution in [0.2, 0.25) is 0 Å². The minimum Gasteiger partial charge on any atom is -0.493 e. The van der Waals surface area contributed by atoms with Gasteiger partial charge in [0.1, 0.15) is 5.75 Å². The van der Waals surface area contributed by atoms with Gasteiger partial charge in [0, 0.05) is 0 Å². The Labute approximate surface area is 112 Å². The van der Waals surface area contributed by atoms with E-state index in [0.717, 1.165) is 25.2 Å². The Morgan fingerprint density at radius 1 is 1.11 bits per heavy atom. The Hall–Kier alpha value is -1.24. The number of allylic oxidation sites excluding steroid dienone is 1. The van der Waals surface area contributed by atoms with Gasteiger partial charge in [0.2, 0.25) is 0 Å². The summed E-state index contributed by atoms with van der Waals surface area (Å²) in [6.45, 7) is 11.2. The molecule has 0 aliphatic heterocycles. The second-order valence-corrected chi connectivity index (χ2v) is 5.73. The first-order valence-electron chi connectivity index (χ1n) is 6.89. The Morgan fingerprint density at radius 3 is 2.50 bits per heavy atom. The lowest BCUT2D eigenvalue weighted by Gasteiger charge is -2.22. The Kier molecular flexibility index (Phi) is 5.97. The van der Waals surface area contributed by atoms with E-state index in [1.807, 2.05) is 12.1 Å². The molecule has 0 bridgehead atoms. The van der Waals surface area contributed by atoms with Crippen molar-refractivity contribution in [2.45, 2.75) is 51.9 Å². The molecule has 0 amide bonds. The summed E-state index contributed by atoms with van der Waals surface area (Å²) in [5.41, 5.74) is 1.43. The van der Waals surface area contributed by atoms with E-state index in [9.17, 15) is 0 Å². The number of ether oxygens (including phenoxy) is 1. The zero-order valence-electron chi connectivity index (χ0n) is 12.0. The summed E-state index contributed by atoms with van der Waals surface area (Å²) in [6, 6.07) is 8.36. The average Bonchev–Trinajstić information content (AvgIpc) is 2.33. The van der Waals surface area contributed by atoms with Crippen molar-refractivity contribution in [3.8, 4) is 5.75 Å². The lowest BCUT2D eigenvalue weighted by atomic mass is 9.86. The van der Waals surface area contributed by atoms with Crippen LogP contribution in [0.15, 0.2) is 36.9 Å². The SMILES string of the molecule is C=CCCCCCOc1ccccc1C(C)(C)C. The summed E-state index contributed by atoms with van der Waals surface area (Å²) in [6.07, 6.45) is 6.64. The predicted octanol–water partition coefficient (Wildman–Crippen LogP) is 5.11. The predicted molar refractivity (Wildman–Crippen MR) is 79.3 cm³/mol. The standard InChI is InChI=1S/C17H26O/c1-5-6-7-8-11-14-18-16-13-10-9-12-15(16)17(2,3)4/h5,9-10,12-13H,1,6-8,11,14H2,2-4H3. The van der Waals surface area contributed by atoms with Gasteiger partial charge in [-0.3, -0.25) is 0 Å². The normalized spacial score (nSPS) is 11.3. The molecule has 1 aromatic rings. The maximum atomic E-state index is 5.92. The van der Waals surface area contributed by atoms with Crippen LogP contribution in [0, 0.1) is 0 Å². The van der Waals surface area contributed by atoms with E-state index in [-0.39, 0.29) is 5.41 Å². The first-order valence-corrected chi connectivity index (χ1v) is 6.89. The van der Waals surface area contributed by atoms with Crippen LogP contribution in [0.4, 0.5) is 0 Å². The molecule has 0 atom stereocenters. The van der Waals surface area contributed by atoms with Gasteiger partial charge in [0.05, 0.1) is 6.61 Å². The molecule has 18 heavy (non-hydrogen) atoms. The Balaban J connectivity index is 2.45. The van der Waals surface area contributed by atoms with Gasteiger partial charge in [-0.2, -0.15) is 0 Å². The highest BCUT2D eigenvalue weighted by molar-refractivity contribution is 5.38. The smallest absolute Gasteiger partial charge is 0.123 e. The maximum Gasteiger partial charge on any atom is 0.123 e. The minimum atomic E-state index is 0.138. The van der Waals surface area contributed by atoms with Crippen molar-refractivity contribution in [3.05, 3.63) is 42.5 Å². The van der Waals surface area contributed by atoms with E-state index in [1.54, 1.807) is 0 Å². The molecular weight excluding hydrogens is 220 g/mol. The number of benzene rings is 1. The van der Waals surface area contributed by atoms with Crippen molar-refractivity contribution in [1.29, 1.82) is 0 Å². The molecule has 1 nitrogen and oxygen atoms in total. The molecule has 0 spiro atoms. The molecule has 1 rings (SSSR count). The third kappa shape index (κ3) is 4.95. The fourth-order valence-electron chi connectivity index (χ4n) is 1.96. The average molecular weight is 246 g/mol. The highest BCUT2D eigenvalue weighted by Crippen LogP contribution is 2.30. The highest BCUT2D eigenvalue weighted by Gasteiger charge is 2.17. The van der Waals surface area contributed by atoms with Crippen LogP contribution < -0.4 is 4.74 Å². The largest absolute Gasteiger partial charge is 0.493 e. The lowest BCUT2D eigenvalue weighted by Crippen LogP contribution is -2.13. The van der Waals surface area contributed by atoms with Crippen molar-refractivity contribution in [1.82, 2.24) is 0 Å². The van der Waals surface area contributed by atoms with E-state index in [1.165, 1.54) is 18.4 Å². The summed E-state index contributed by atoms with van der Waals surface area (Å²) in [7, 11) is 0. The van der Waals surface area contributed by atoms with Gasteiger partial charge in [-0.1, -0.05) is 45.0 Å². The van der Waals surface area contributed by atoms with Crippen LogP contribution in [-0.4, -0.2) is 6.61 Å². The van der Waals surface area contributed by atoms with Crippen LogP contribution in [0.3, 0.4) is 0 Å². The van der Waals surface area contributed by atoms with Gasteiger partial charge in [0.25, 0.3) is 0 Å². The van der Waals surface area contributed by atoms with E-state index in [2.05, 4.69) is 45.5 Å². The molecule has 0 radical (unpaired) electrons. The van der Waals surface area contributed by atoms with Gasteiger partial charge in [-0.25, -0.2) is 0 Å². The van der Waals surface area contributed by atoms with E-state index >= 15 is 0 Å². The summed E-state index contributed by atoms with van der Waals surface area (Å²) < 4.78 is 5.92. The first-order chi connectivity index (χ1) is 8.55. The zero-order chi connectivity index (χ0) is 13.4. The topological polar surface area (TPSA) is 9.23 Å². The van der Waals surface area contributed by atoms with Crippen LogP contribution in [0.1, 0.15) is 52.0 Å². The number of unbranched alkanes of at least 4 members (excludes halogenated alkanes) is 3. The van der Waals surface area contributed by atoms with Crippen molar-refractivity contribution in [2.75, 3.05) is 6.61 Å². The molecule has 0 N–H and O–H groups in total. The molecule has 0 saturated carbocycles. The highest BCUT2D eigenvalue weighted by atomic mass is 16.5. The molecule has 0 aliphatic rings. The molecule has 0 saturated heterocycles. The van der Waals surface area contributed by atoms with Crippen LogP contribution >= 0.6 is 0 Å². The van der Waals surface area contributed by atoms with Gasteiger partial charge in [-0.05, 0) is 42.7 Å². The lowest BCUT2D eigenvalue weighted by molar-refractivity contribution is 0.297. The third-order valence-electron chi connectivity index (χ3n) is 3.01. The van der Waals surface area contributed by atoms with Crippen LogP contribution in [0.25, 0.3) is 0 Å². The molecule has 0 aliphatic carbocycles. The van der Waals surface area contributed by atoms with Crippen molar-refractivity contribution in [2.24, 2.45) is 0 Å². The number of rotatable bonds is 7. The van der Waals surface area contributed by atoms with E-state index < -0.39 is 0 Å². The maximum absolute atomic E-state index is 5.92. The molecule has 0 fully saturated rings. The van der Waals surface area contributed by atoms with Gasteiger partial charge in [-0.15, -0.1) is 6.58 Å². The fourth-order valence-corrected chi connectivity index (χ4v) is 1.96. The summed E-state index contributed by atoms with van der Waals surface area (Å²) in [4.78, 5) is 0. The third-order valence-corrected chi connectivity index (χ3v) is 3.01. The van der Waals surface area contributed by atoms with E-state index in [0.29, 0.717) is 0 Å². The molecule has 1 heteroatoms. The summed E-state index contributed by atoms with van der Waals surface area (Å²) in [5, 5.41) is 0. The number of hydrogen-bond acceptors (Lipinski definition) is 1. The molecule has 1 aromatic carbocycles. The van der Waals surface area contributed by atoms with Crippen LogP contribution in [-0.2, 0) is 5.41 Å². The molecule has 100 valence electrons. The van der Waals surface area contributed by atoms with Crippen molar-refractivity contribution < 1.29 is 4.74 Å². The molecule has 0 heterocycles. The molecular formula is C17H26O. The number of hydrogen-bond donors (Lipinski definition) is 0. The van der Waals surface area contributed by atoms with E-state index in [4.69, 9.17) is 4.74 Å². The minimum absolute atomic E-state index is 0.138. The first kappa shape index (κ1) is 14.8. The monoisotopic (exact) mass is 246 g/mol. The Bertz CT molecular complexity index is 360. The zero-order valence-corrected chi connectivity index (χ0v) is 12.0. The van der Waals surface area contributed by atoms with Crippen molar-refractivity contribution in [3.63, 3.8) is 0 Å². The molecule has 0 unspecified atom stereocenters. The van der Waals surface area contributed by atoms with Gasteiger partial charge < -0.3 is 4.74 Å². The Morgan fingerprint density at radius 2 is 1.83 bits per heavy atom. The van der Waals surface area contributed by atoms with Crippen molar-refractivity contribution >= 4 is 0 Å².